The van der Waals surface area contributed by atoms with Gasteiger partial charge in [-0.2, -0.15) is 0 Å². The summed E-state index contributed by atoms with van der Waals surface area (Å²) in [4.78, 5) is 15.2. The Kier molecular flexibility index (Phi) is 4.82. The van der Waals surface area contributed by atoms with Crippen LogP contribution in [0.1, 0.15) is 19.8 Å². The van der Waals surface area contributed by atoms with E-state index in [4.69, 9.17) is 4.74 Å². The third-order valence-electron chi connectivity index (χ3n) is 1.82. The molecule has 0 aromatic rings. The molecule has 1 heterocycles. The first-order chi connectivity index (χ1) is 6.83. The molecule has 0 spiro atoms. The van der Waals surface area contributed by atoms with Gasteiger partial charge in [-0.15, -0.1) is 0 Å². The smallest absolute Gasteiger partial charge is 0.307 e. The SMILES string of the molecule is CCOC(=O)CCNC1=NCCCN1. The van der Waals surface area contributed by atoms with Crippen molar-refractivity contribution in [1.82, 2.24) is 10.6 Å². The predicted octanol–water partition coefficient (Wildman–Crippen LogP) is -0.122. The molecule has 5 nitrogen and oxygen atoms in total. The zero-order chi connectivity index (χ0) is 10.2. The summed E-state index contributed by atoms with van der Waals surface area (Å²) in [5.41, 5.74) is 0. The molecule has 1 rings (SSSR count). The monoisotopic (exact) mass is 199 g/mol. The number of rotatable bonds is 4. The van der Waals surface area contributed by atoms with E-state index in [1.165, 1.54) is 0 Å². The molecule has 0 aromatic heterocycles. The zero-order valence-electron chi connectivity index (χ0n) is 8.51. The molecule has 0 amide bonds. The van der Waals surface area contributed by atoms with Gasteiger partial charge in [0.1, 0.15) is 0 Å². The molecule has 0 fully saturated rings. The van der Waals surface area contributed by atoms with E-state index in [1.807, 2.05) is 0 Å². The molecule has 1 aliphatic rings. The Labute approximate surface area is 83.9 Å². The Morgan fingerprint density at radius 1 is 1.71 bits per heavy atom. The molecule has 2 N–H and O–H groups in total. The van der Waals surface area contributed by atoms with Gasteiger partial charge in [-0.3, -0.25) is 9.79 Å². The van der Waals surface area contributed by atoms with E-state index in [9.17, 15) is 4.79 Å². The Morgan fingerprint density at radius 2 is 2.57 bits per heavy atom. The van der Waals surface area contributed by atoms with Gasteiger partial charge in [0.15, 0.2) is 5.96 Å². The fourth-order valence-corrected chi connectivity index (χ4v) is 1.17. The fourth-order valence-electron chi connectivity index (χ4n) is 1.17. The quantitative estimate of drug-likeness (QED) is 0.620. The maximum atomic E-state index is 11.0. The first-order valence-electron chi connectivity index (χ1n) is 5.00. The highest BCUT2D eigenvalue weighted by Crippen LogP contribution is 1.88. The molecule has 0 saturated heterocycles. The molecule has 0 atom stereocenters. The van der Waals surface area contributed by atoms with Gasteiger partial charge >= 0.3 is 5.97 Å². The molecule has 0 radical (unpaired) electrons. The minimum absolute atomic E-state index is 0.170. The van der Waals surface area contributed by atoms with Crippen LogP contribution in [-0.2, 0) is 9.53 Å². The van der Waals surface area contributed by atoms with Crippen molar-refractivity contribution in [2.75, 3.05) is 26.2 Å². The van der Waals surface area contributed by atoms with Crippen molar-refractivity contribution in [3.8, 4) is 0 Å². The predicted molar refractivity (Wildman–Crippen MR) is 54.2 cm³/mol. The summed E-state index contributed by atoms with van der Waals surface area (Å²) >= 11 is 0. The third-order valence-corrected chi connectivity index (χ3v) is 1.82. The standard InChI is InChI=1S/C9H17N3O2/c1-2-14-8(13)4-7-12-9-10-5-3-6-11-9/h2-7H2,1H3,(H2,10,11,12). The van der Waals surface area contributed by atoms with Crippen LogP contribution in [-0.4, -0.2) is 38.2 Å². The summed E-state index contributed by atoms with van der Waals surface area (Å²) in [6.07, 6.45) is 1.46. The Bertz CT molecular complexity index is 216. The molecular formula is C9H17N3O2. The Hall–Kier alpha value is -1.26. The number of aliphatic imine (C=N–C) groups is 1. The lowest BCUT2D eigenvalue weighted by Gasteiger charge is -2.15. The van der Waals surface area contributed by atoms with Gasteiger partial charge in [-0.1, -0.05) is 0 Å². The number of carbonyl (C=O) groups is 1. The third kappa shape index (κ3) is 4.11. The van der Waals surface area contributed by atoms with Crippen LogP contribution in [0.2, 0.25) is 0 Å². The summed E-state index contributed by atoms with van der Waals surface area (Å²) < 4.78 is 4.79. The summed E-state index contributed by atoms with van der Waals surface area (Å²) in [5, 5.41) is 6.16. The number of nitrogens with one attached hydrogen (secondary N) is 2. The molecule has 14 heavy (non-hydrogen) atoms. The minimum Gasteiger partial charge on any atom is -0.466 e. The number of guanidine groups is 1. The van der Waals surface area contributed by atoms with E-state index in [0.717, 1.165) is 25.5 Å². The van der Waals surface area contributed by atoms with Crippen molar-refractivity contribution in [2.45, 2.75) is 19.8 Å². The normalized spacial score (nSPS) is 15.4. The van der Waals surface area contributed by atoms with E-state index < -0.39 is 0 Å². The number of hydrogen-bond acceptors (Lipinski definition) is 5. The van der Waals surface area contributed by atoms with Gasteiger partial charge in [0, 0.05) is 19.6 Å². The van der Waals surface area contributed by atoms with E-state index >= 15 is 0 Å². The molecule has 0 bridgehead atoms. The highest BCUT2D eigenvalue weighted by Gasteiger charge is 2.04. The van der Waals surface area contributed by atoms with Gasteiger partial charge in [-0.25, -0.2) is 0 Å². The van der Waals surface area contributed by atoms with Crippen molar-refractivity contribution in [2.24, 2.45) is 4.99 Å². The largest absolute Gasteiger partial charge is 0.466 e. The molecule has 0 unspecified atom stereocenters. The maximum absolute atomic E-state index is 11.0. The van der Waals surface area contributed by atoms with Crippen molar-refractivity contribution >= 4 is 11.9 Å². The van der Waals surface area contributed by atoms with Crippen molar-refractivity contribution in [3.05, 3.63) is 0 Å². The number of ether oxygens (including phenoxy) is 1. The van der Waals surface area contributed by atoms with Gasteiger partial charge in [0.25, 0.3) is 0 Å². The second kappa shape index (κ2) is 6.23. The van der Waals surface area contributed by atoms with Crippen molar-refractivity contribution in [1.29, 1.82) is 0 Å². The number of esters is 1. The average molecular weight is 199 g/mol. The van der Waals surface area contributed by atoms with Gasteiger partial charge in [0.05, 0.1) is 13.0 Å². The second-order valence-corrected chi connectivity index (χ2v) is 2.99. The van der Waals surface area contributed by atoms with Crippen molar-refractivity contribution < 1.29 is 9.53 Å². The molecule has 0 aromatic carbocycles. The van der Waals surface area contributed by atoms with Gasteiger partial charge < -0.3 is 15.4 Å². The molecular weight excluding hydrogens is 182 g/mol. The maximum Gasteiger partial charge on any atom is 0.307 e. The molecule has 1 aliphatic heterocycles. The summed E-state index contributed by atoms with van der Waals surface area (Å²) in [7, 11) is 0. The second-order valence-electron chi connectivity index (χ2n) is 2.99. The van der Waals surface area contributed by atoms with Crippen LogP contribution in [0, 0.1) is 0 Å². The summed E-state index contributed by atoms with van der Waals surface area (Å²) in [6.45, 7) is 4.63. The minimum atomic E-state index is -0.170. The average Bonchev–Trinajstić information content (AvgIpc) is 2.20. The Balaban J connectivity index is 2.08. The molecule has 80 valence electrons. The molecule has 5 heteroatoms. The van der Waals surface area contributed by atoms with Crippen LogP contribution < -0.4 is 10.6 Å². The first-order valence-corrected chi connectivity index (χ1v) is 5.00. The lowest BCUT2D eigenvalue weighted by molar-refractivity contribution is -0.142. The van der Waals surface area contributed by atoms with E-state index in [-0.39, 0.29) is 5.97 Å². The van der Waals surface area contributed by atoms with Crippen LogP contribution in [0.15, 0.2) is 4.99 Å². The zero-order valence-corrected chi connectivity index (χ0v) is 8.51. The fraction of sp³-hybridized carbons (Fsp3) is 0.778. The van der Waals surface area contributed by atoms with Crippen LogP contribution in [0.4, 0.5) is 0 Å². The number of carbonyl (C=O) groups excluding carboxylic acids is 1. The molecule has 0 saturated carbocycles. The van der Waals surface area contributed by atoms with Gasteiger partial charge in [-0.05, 0) is 13.3 Å². The van der Waals surface area contributed by atoms with Crippen LogP contribution in [0.5, 0.6) is 0 Å². The summed E-state index contributed by atoms with van der Waals surface area (Å²) in [6, 6.07) is 0. The van der Waals surface area contributed by atoms with E-state index in [0.29, 0.717) is 19.6 Å². The van der Waals surface area contributed by atoms with Crippen LogP contribution in [0.3, 0.4) is 0 Å². The lowest BCUT2D eigenvalue weighted by Crippen LogP contribution is -2.41. The highest BCUT2D eigenvalue weighted by molar-refractivity contribution is 5.80. The van der Waals surface area contributed by atoms with E-state index in [1.54, 1.807) is 6.92 Å². The van der Waals surface area contributed by atoms with Crippen LogP contribution in [0.25, 0.3) is 0 Å². The molecule has 0 aliphatic carbocycles. The highest BCUT2D eigenvalue weighted by atomic mass is 16.5. The van der Waals surface area contributed by atoms with Crippen LogP contribution >= 0.6 is 0 Å². The Morgan fingerprint density at radius 3 is 3.21 bits per heavy atom. The number of hydrogen-bond donors (Lipinski definition) is 2. The van der Waals surface area contributed by atoms with Crippen molar-refractivity contribution in [3.63, 3.8) is 0 Å². The topological polar surface area (TPSA) is 62.7 Å². The van der Waals surface area contributed by atoms with Gasteiger partial charge in [0.2, 0.25) is 0 Å². The van der Waals surface area contributed by atoms with E-state index in [2.05, 4.69) is 15.6 Å². The number of nitrogens with zero attached hydrogens (tertiary/aromatic N) is 1. The lowest BCUT2D eigenvalue weighted by atomic mass is 10.4. The summed E-state index contributed by atoms with van der Waals surface area (Å²) in [5.74, 6) is 0.622. The first kappa shape index (κ1) is 10.8.